The molecule has 0 amide bonds. The molecule has 0 spiro atoms. The van der Waals surface area contributed by atoms with Gasteiger partial charge >= 0.3 is 5.97 Å². The number of hydrogen-bond donors (Lipinski definition) is 1. The van der Waals surface area contributed by atoms with Crippen LogP contribution in [0.25, 0.3) is 0 Å². The van der Waals surface area contributed by atoms with Crippen LogP contribution in [0.2, 0.25) is 0 Å². The van der Waals surface area contributed by atoms with Crippen LogP contribution >= 0.6 is 0 Å². The molecule has 0 aromatic rings. The first-order chi connectivity index (χ1) is 6.29. The van der Waals surface area contributed by atoms with Crippen molar-refractivity contribution in [1.29, 1.82) is 0 Å². The number of rotatable bonds is 5. The molecule has 0 aromatic carbocycles. The molecule has 0 rings (SSSR count). The maximum atomic E-state index is 11.6. The van der Waals surface area contributed by atoms with Crippen molar-refractivity contribution in [3.8, 4) is 0 Å². The lowest BCUT2D eigenvalue weighted by Gasteiger charge is -2.37. The van der Waals surface area contributed by atoms with Gasteiger partial charge in [0.25, 0.3) is 0 Å². The monoisotopic (exact) mass is 202 g/mol. The lowest BCUT2D eigenvalue weighted by molar-refractivity contribution is -0.169. The van der Waals surface area contributed by atoms with Gasteiger partial charge in [-0.2, -0.15) is 0 Å². The van der Waals surface area contributed by atoms with Gasteiger partial charge in [0.1, 0.15) is 0 Å². The fraction of sp³-hybridized carbons (Fsp3) is 0.909. The van der Waals surface area contributed by atoms with E-state index >= 15 is 0 Å². The molecular weight excluding hydrogens is 180 g/mol. The Labute approximate surface area is 86.5 Å². The highest BCUT2D eigenvalue weighted by molar-refractivity contribution is 5.77. The number of hydrogen-bond acceptors (Lipinski definition) is 3. The molecule has 0 saturated heterocycles. The summed E-state index contributed by atoms with van der Waals surface area (Å²) >= 11 is 0. The number of aliphatic hydroxyl groups is 1. The summed E-state index contributed by atoms with van der Waals surface area (Å²) in [5.74, 6) is -0.335. The Hall–Kier alpha value is -0.570. The third kappa shape index (κ3) is 2.71. The van der Waals surface area contributed by atoms with E-state index < -0.39 is 11.0 Å². The van der Waals surface area contributed by atoms with Crippen molar-refractivity contribution in [3.05, 3.63) is 0 Å². The highest BCUT2D eigenvalue weighted by Crippen LogP contribution is 2.35. The molecule has 0 fully saturated rings. The van der Waals surface area contributed by atoms with E-state index in [1.165, 1.54) is 0 Å². The minimum Gasteiger partial charge on any atom is -0.465 e. The first-order valence-corrected chi connectivity index (χ1v) is 5.19. The summed E-state index contributed by atoms with van der Waals surface area (Å²) in [6, 6.07) is 0. The zero-order valence-corrected chi connectivity index (χ0v) is 9.89. The first kappa shape index (κ1) is 13.4. The van der Waals surface area contributed by atoms with Crippen molar-refractivity contribution in [1.82, 2.24) is 0 Å². The van der Waals surface area contributed by atoms with Gasteiger partial charge in [-0.15, -0.1) is 0 Å². The van der Waals surface area contributed by atoms with E-state index in [1.54, 1.807) is 27.7 Å². The van der Waals surface area contributed by atoms with Crippen LogP contribution in [-0.4, -0.2) is 23.3 Å². The molecule has 0 aliphatic heterocycles. The van der Waals surface area contributed by atoms with Crippen LogP contribution in [-0.2, 0) is 9.53 Å². The van der Waals surface area contributed by atoms with E-state index in [2.05, 4.69) is 0 Å². The molecule has 0 saturated carbocycles. The van der Waals surface area contributed by atoms with Gasteiger partial charge in [-0.25, -0.2) is 0 Å². The molecule has 14 heavy (non-hydrogen) atoms. The second kappa shape index (κ2) is 4.78. The van der Waals surface area contributed by atoms with Crippen LogP contribution in [0.5, 0.6) is 0 Å². The second-order valence-electron chi connectivity index (χ2n) is 4.37. The van der Waals surface area contributed by atoms with E-state index in [-0.39, 0.29) is 5.97 Å². The fourth-order valence-corrected chi connectivity index (χ4v) is 1.33. The lowest BCUT2D eigenvalue weighted by Crippen LogP contribution is -2.48. The molecule has 1 atom stereocenters. The molecule has 0 aromatic heterocycles. The number of carbonyl (C=O) groups is 1. The quantitative estimate of drug-likeness (QED) is 0.695. The lowest BCUT2D eigenvalue weighted by atomic mass is 9.73. The van der Waals surface area contributed by atoms with E-state index in [0.717, 1.165) is 6.42 Å². The smallest absolute Gasteiger partial charge is 0.314 e. The number of ether oxygens (including phenoxy) is 1. The predicted molar refractivity (Wildman–Crippen MR) is 55.9 cm³/mol. The van der Waals surface area contributed by atoms with Crippen molar-refractivity contribution >= 4 is 5.97 Å². The molecule has 1 N–H and O–H groups in total. The van der Waals surface area contributed by atoms with Crippen molar-refractivity contribution in [2.45, 2.75) is 53.1 Å². The third-order valence-electron chi connectivity index (χ3n) is 2.87. The molecule has 3 heteroatoms. The Balaban J connectivity index is 4.65. The Morgan fingerprint density at radius 2 is 1.79 bits per heavy atom. The molecular formula is C11H22O3. The van der Waals surface area contributed by atoms with Gasteiger partial charge in [0, 0.05) is 0 Å². The average molecular weight is 202 g/mol. The van der Waals surface area contributed by atoms with E-state index in [9.17, 15) is 9.90 Å². The van der Waals surface area contributed by atoms with Crippen LogP contribution in [0.4, 0.5) is 0 Å². The largest absolute Gasteiger partial charge is 0.465 e. The zero-order valence-electron chi connectivity index (χ0n) is 9.89. The Kier molecular flexibility index (Phi) is 4.59. The molecule has 0 aliphatic carbocycles. The minimum absolute atomic E-state index is 0.335. The predicted octanol–water partition coefficient (Wildman–Crippen LogP) is 2.13. The van der Waals surface area contributed by atoms with Crippen LogP contribution in [0.15, 0.2) is 0 Å². The van der Waals surface area contributed by atoms with Crippen LogP contribution < -0.4 is 0 Å². The van der Waals surface area contributed by atoms with Crippen molar-refractivity contribution in [2.24, 2.45) is 5.41 Å². The van der Waals surface area contributed by atoms with Gasteiger partial charge in [-0.3, -0.25) is 4.79 Å². The SMILES string of the molecule is CCCC(C)(O)C(C)(C)C(=O)OCC. The summed E-state index contributed by atoms with van der Waals surface area (Å²) in [7, 11) is 0. The second-order valence-corrected chi connectivity index (χ2v) is 4.37. The van der Waals surface area contributed by atoms with Crippen LogP contribution in [0.1, 0.15) is 47.5 Å². The maximum Gasteiger partial charge on any atom is 0.314 e. The number of carbonyl (C=O) groups excluding carboxylic acids is 1. The van der Waals surface area contributed by atoms with Crippen molar-refractivity contribution < 1.29 is 14.6 Å². The topological polar surface area (TPSA) is 46.5 Å². The van der Waals surface area contributed by atoms with Crippen LogP contribution in [0, 0.1) is 5.41 Å². The molecule has 0 aliphatic rings. The third-order valence-corrected chi connectivity index (χ3v) is 2.87. The molecule has 0 radical (unpaired) electrons. The highest BCUT2D eigenvalue weighted by atomic mass is 16.5. The van der Waals surface area contributed by atoms with Gasteiger partial charge in [0.2, 0.25) is 0 Å². The van der Waals surface area contributed by atoms with E-state index in [1.807, 2.05) is 6.92 Å². The first-order valence-electron chi connectivity index (χ1n) is 5.19. The Morgan fingerprint density at radius 3 is 2.14 bits per heavy atom. The number of esters is 1. The standard InChI is InChI=1S/C11H22O3/c1-6-8-11(5,13)10(3,4)9(12)14-7-2/h13H,6-8H2,1-5H3. The van der Waals surface area contributed by atoms with Crippen molar-refractivity contribution in [2.75, 3.05) is 6.61 Å². The summed E-state index contributed by atoms with van der Waals surface area (Å²) in [5.41, 5.74) is -1.85. The minimum atomic E-state index is -1.01. The van der Waals surface area contributed by atoms with Gasteiger partial charge in [-0.05, 0) is 34.1 Å². The Morgan fingerprint density at radius 1 is 1.29 bits per heavy atom. The molecule has 3 nitrogen and oxygen atoms in total. The molecule has 84 valence electrons. The van der Waals surface area contributed by atoms with Gasteiger partial charge in [0.05, 0.1) is 17.6 Å². The van der Waals surface area contributed by atoms with E-state index in [0.29, 0.717) is 13.0 Å². The highest BCUT2D eigenvalue weighted by Gasteiger charge is 2.45. The normalized spacial score (nSPS) is 16.1. The summed E-state index contributed by atoms with van der Waals surface area (Å²) in [5, 5.41) is 10.1. The summed E-state index contributed by atoms with van der Waals surface area (Å²) in [4.78, 5) is 11.6. The summed E-state index contributed by atoms with van der Waals surface area (Å²) < 4.78 is 4.94. The van der Waals surface area contributed by atoms with Gasteiger partial charge < -0.3 is 9.84 Å². The van der Waals surface area contributed by atoms with Crippen LogP contribution in [0.3, 0.4) is 0 Å². The average Bonchev–Trinajstić information content (AvgIpc) is 2.04. The van der Waals surface area contributed by atoms with Gasteiger partial charge in [0.15, 0.2) is 0 Å². The summed E-state index contributed by atoms with van der Waals surface area (Å²) in [6.07, 6.45) is 1.44. The summed E-state index contributed by atoms with van der Waals surface area (Å²) in [6.45, 7) is 9.23. The fourth-order valence-electron chi connectivity index (χ4n) is 1.33. The maximum absolute atomic E-state index is 11.6. The Bertz CT molecular complexity index is 195. The zero-order chi connectivity index (χ0) is 11.4. The molecule has 0 bridgehead atoms. The van der Waals surface area contributed by atoms with E-state index in [4.69, 9.17) is 4.74 Å². The molecule has 1 unspecified atom stereocenters. The van der Waals surface area contributed by atoms with Crippen molar-refractivity contribution in [3.63, 3.8) is 0 Å². The molecule has 0 heterocycles. The van der Waals surface area contributed by atoms with Gasteiger partial charge in [-0.1, -0.05) is 13.3 Å².